The van der Waals surface area contributed by atoms with Crippen molar-refractivity contribution < 1.29 is 4.79 Å². The van der Waals surface area contributed by atoms with Crippen LogP contribution in [0.15, 0.2) is 12.1 Å². The van der Waals surface area contributed by atoms with E-state index in [1.807, 2.05) is 11.0 Å². The molecule has 2 saturated heterocycles. The summed E-state index contributed by atoms with van der Waals surface area (Å²) in [4.78, 5) is 18.0. The molecule has 0 aromatic carbocycles. The van der Waals surface area contributed by atoms with Crippen LogP contribution in [0.25, 0.3) is 0 Å². The van der Waals surface area contributed by atoms with Gasteiger partial charge in [-0.25, -0.2) is 0 Å². The molecule has 2 aliphatic rings. The molecule has 2 aliphatic heterocycles. The minimum absolute atomic E-state index is 0. The summed E-state index contributed by atoms with van der Waals surface area (Å²) in [6.07, 6.45) is 2.30. The summed E-state index contributed by atoms with van der Waals surface area (Å²) in [7, 11) is 0. The number of hydrogen-bond donors (Lipinski definition) is 1. The van der Waals surface area contributed by atoms with Gasteiger partial charge in [0.15, 0.2) is 0 Å². The van der Waals surface area contributed by atoms with Crippen molar-refractivity contribution in [1.29, 1.82) is 0 Å². The highest BCUT2D eigenvalue weighted by Gasteiger charge is 2.30. The number of halogens is 2. The lowest BCUT2D eigenvalue weighted by atomic mass is 10.2. The number of piperazine rings is 1. The zero-order valence-electron chi connectivity index (χ0n) is 11.9. The number of hydrogen-bond acceptors (Lipinski definition) is 4. The molecule has 0 saturated carbocycles. The van der Waals surface area contributed by atoms with Gasteiger partial charge < -0.3 is 10.2 Å². The first-order valence-electron chi connectivity index (χ1n) is 7.21. The zero-order chi connectivity index (χ0) is 13.9. The predicted octanol–water partition coefficient (Wildman–Crippen LogP) is 2.22. The van der Waals surface area contributed by atoms with Gasteiger partial charge in [-0.1, -0.05) is 11.6 Å². The van der Waals surface area contributed by atoms with Gasteiger partial charge in [0.05, 0.1) is 10.4 Å². The highest BCUT2D eigenvalue weighted by Crippen LogP contribution is 2.23. The van der Waals surface area contributed by atoms with E-state index in [2.05, 4.69) is 16.3 Å². The Labute approximate surface area is 140 Å². The molecular weight excluding hydrogens is 329 g/mol. The van der Waals surface area contributed by atoms with Crippen molar-refractivity contribution in [1.82, 2.24) is 15.1 Å². The lowest BCUT2D eigenvalue weighted by molar-refractivity contribution is -0.133. The normalized spacial score (nSPS) is 23.1. The molecule has 0 bridgehead atoms. The molecule has 0 aliphatic carbocycles. The van der Waals surface area contributed by atoms with Crippen LogP contribution in [0, 0.1) is 0 Å². The maximum absolute atomic E-state index is 12.4. The van der Waals surface area contributed by atoms with Gasteiger partial charge in [-0.15, -0.1) is 23.7 Å². The maximum atomic E-state index is 12.4. The molecule has 1 unspecified atom stereocenters. The SMILES string of the molecule is Cl.O=C(C1CN(Cc2ccc(Cl)s2)CCN1)N1CCCC1. The summed E-state index contributed by atoms with van der Waals surface area (Å²) in [5.74, 6) is 0.274. The number of carbonyl (C=O) groups is 1. The van der Waals surface area contributed by atoms with Crippen LogP contribution in [0.1, 0.15) is 17.7 Å². The zero-order valence-corrected chi connectivity index (χ0v) is 14.3. The van der Waals surface area contributed by atoms with Crippen molar-refractivity contribution in [3.8, 4) is 0 Å². The topological polar surface area (TPSA) is 35.6 Å². The van der Waals surface area contributed by atoms with Crippen LogP contribution in [0.5, 0.6) is 0 Å². The molecule has 0 spiro atoms. The first kappa shape index (κ1) is 17.0. The van der Waals surface area contributed by atoms with E-state index in [-0.39, 0.29) is 24.4 Å². The predicted molar refractivity (Wildman–Crippen MR) is 89.5 cm³/mol. The summed E-state index contributed by atoms with van der Waals surface area (Å²) in [6, 6.07) is 3.97. The highest BCUT2D eigenvalue weighted by molar-refractivity contribution is 7.16. The molecule has 1 N–H and O–H groups in total. The Bertz CT molecular complexity index is 477. The van der Waals surface area contributed by atoms with Crippen LogP contribution in [-0.2, 0) is 11.3 Å². The van der Waals surface area contributed by atoms with E-state index in [0.717, 1.165) is 56.4 Å². The lowest BCUT2D eigenvalue weighted by Gasteiger charge is -2.34. The summed E-state index contributed by atoms with van der Waals surface area (Å²) in [5, 5.41) is 3.36. The molecule has 1 aromatic heterocycles. The third-order valence-corrected chi connectivity index (χ3v) is 5.20. The fourth-order valence-electron chi connectivity index (χ4n) is 2.93. The molecule has 1 atom stereocenters. The average molecular weight is 350 g/mol. The van der Waals surface area contributed by atoms with E-state index in [4.69, 9.17) is 11.6 Å². The van der Waals surface area contributed by atoms with Crippen molar-refractivity contribution in [3.63, 3.8) is 0 Å². The molecule has 118 valence electrons. The van der Waals surface area contributed by atoms with Crippen LogP contribution in [0.2, 0.25) is 4.34 Å². The third-order valence-electron chi connectivity index (χ3n) is 3.98. The van der Waals surface area contributed by atoms with Crippen molar-refractivity contribution in [2.24, 2.45) is 0 Å². The Hall–Kier alpha value is -0.330. The third kappa shape index (κ3) is 4.33. The molecule has 1 aromatic rings. The molecular formula is C14H21Cl2N3OS. The number of likely N-dealkylation sites (tertiary alicyclic amines) is 1. The van der Waals surface area contributed by atoms with Gasteiger partial charge in [0.1, 0.15) is 0 Å². The fourth-order valence-corrected chi connectivity index (χ4v) is 4.07. The summed E-state index contributed by atoms with van der Waals surface area (Å²) in [5.41, 5.74) is 0. The summed E-state index contributed by atoms with van der Waals surface area (Å²) in [6.45, 7) is 5.41. The molecule has 3 rings (SSSR count). The van der Waals surface area contributed by atoms with Crippen LogP contribution < -0.4 is 5.32 Å². The number of carbonyl (C=O) groups excluding carboxylic acids is 1. The molecule has 1 amide bonds. The minimum Gasteiger partial charge on any atom is -0.341 e. The van der Waals surface area contributed by atoms with Gasteiger partial charge in [-0.05, 0) is 25.0 Å². The molecule has 0 radical (unpaired) electrons. The van der Waals surface area contributed by atoms with Crippen LogP contribution in [0.3, 0.4) is 0 Å². The molecule has 3 heterocycles. The van der Waals surface area contributed by atoms with Gasteiger partial charge in [-0.2, -0.15) is 0 Å². The highest BCUT2D eigenvalue weighted by atomic mass is 35.5. The molecule has 21 heavy (non-hydrogen) atoms. The van der Waals surface area contributed by atoms with Gasteiger partial charge in [0.25, 0.3) is 0 Å². The second-order valence-corrected chi connectivity index (χ2v) is 7.28. The van der Waals surface area contributed by atoms with E-state index >= 15 is 0 Å². The number of nitrogens with one attached hydrogen (secondary N) is 1. The standard InChI is InChI=1S/C14H20ClN3OS.ClH/c15-13-4-3-11(20-13)9-17-8-5-16-12(10-17)14(19)18-6-1-2-7-18;/h3-4,12,16H,1-2,5-10H2;1H. The quantitative estimate of drug-likeness (QED) is 0.908. The van der Waals surface area contributed by atoms with Gasteiger partial charge in [0, 0.05) is 44.1 Å². The molecule has 2 fully saturated rings. The Balaban J connectivity index is 0.00000161. The first-order valence-corrected chi connectivity index (χ1v) is 8.40. The first-order chi connectivity index (χ1) is 9.72. The van der Waals surface area contributed by atoms with E-state index in [1.165, 1.54) is 4.88 Å². The largest absolute Gasteiger partial charge is 0.341 e. The van der Waals surface area contributed by atoms with Crippen LogP contribution >= 0.6 is 35.3 Å². The second-order valence-electron chi connectivity index (χ2n) is 5.48. The van der Waals surface area contributed by atoms with Gasteiger partial charge >= 0.3 is 0 Å². The average Bonchev–Trinajstić information content (AvgIpc) is 3.10. The smallest absolute Gasteiger partial charge is 0.241 e. The van der Waals surface area contributed by atoms with Crippen LogP contribution in [-0.4, -0.2) is 54.5 Å². The lowest BCUT2D eigenvalue weighted by Crippen LogP contribution is -2.57. The number of rotatable bonds is 3. The van der Waals surface area contributed by atoms with E-state index in [0.29, 0.717) is 0 Å². The Morgan fingerprint density at radius 1 is 1.33 bits per heavy atom. The van der Waals surface area contributed by atoms with Crippen LogP contribution in [0.4, 0.5) is 0 Å². The summed E-state index contributed by atoms with van der Waals surface area (Å²) < 4.78 is 0.833. The second kappa shape index (κ2) is 7.79. The number of nitrogens with zero attached hydrogens (tertiary/aromatic N) is 2. The van der Waals surface area contributed by atoms with Gasteiger partial charge in [0.2, 0.25) is 5.91 Å². The maximum Gasteiger partial charge on any atom is 0.241 e. The Morgan fingerprint density at radius 2 is 2.10 bits per heavy atom. The fraction of sp³-hybridized carbons (Fsp3) is 0.643. The Kier molecular flexibility index (Phi) is 6.32. The molecule has 7 heteroatoms. The monoisotopic (exact) mass is 349 g/mol. The van der Waals surface area contributed by atoms with Crippen molar-refractivity contribution >= 4 is 41.3 Å². The molecule has 4 nitrogen and oxygen atoms in total. The van der Waals surface area contributed by atoms with Gasteiger partial charge in [-0.3, -0.25) is 9.69 Å². The number of thiophene rings is 1. The minimum atomic E-state index is -0.0442. The van der Waals surface area contributed by atoms with E-state index < -0.39 is 0 Å². The van der Waals surface area contributed by atoms with Crippen molar-refractivity contribution in [3.05, 3.63) is 21.3 Å². The van der Waals surface area contributed by atoms with E-state index in [9.17, 15) is 4.79 Å². The summed E-state index contributed by atoms with van der Waals surface area (Å²) >= 11 is 7.59. The van der Waals surface area contributed by atoms with Crippen molar-refractivity contribution in [2.75, 3.05) is 32.7 Å². The Morgan fingerprint density at radius 3 is 2.76 bits per heavy atom. The van der Waals surface area contributed by atoms with E-state index in [1.54, 1.807) is 11.3 Å². The van der Waals surface area contributed by atoms with Crippen molar-refractivity contribution in [2.45, 2.75) is 25.4 Å². The number of amides is 1.